The predicted molar refractivity (Wildman–Crippen MR) is 41.5 cm³/mol. The molecule has 0 aromatic rings. The van der Waals surface area contributed by atoms with Crippen molar-refractivity contribution < 1.29 is 4.79 Å². The summed E-state index contributed by atoms with van der Waals surface area (Å²) in [5, 5.41) is 2.65. The second-order valence-electron chi connectivity index (χ2n) is 2.05. The third-order valence-corrected chi connectivity index (χ3v) is 1.11. The molecule has 0 aromatic carbocycles. The van der Waals surface area contributed by atoms with Crippen LogP contribution in [0.3, 0.4) is 0 Å². The van der Waals surface area contributed by atoms with Crippen LogP contribution in [0.5, 0.6) is 0 Å². The van der Waals surface area contributed by atoms with Gasteiger partial charge in [0.05, 0.1) is 0 Å². The molecule has 0 aliphatic rings. The predicted octanol–water partition coefficient (Wildman–Crippen LogP) is 0.0259. The van der Waals surface area contributed by atoms with E-state index in [1.807, 2.05) is 6.92 Å². The molecule has 10 heavy (non-hydrogen) atoms. The van der Waals surface area contributed by atoms with E-state index >= 15 is 0 Å². The van der Waals surface area contributed by atoms with Crippen LogP contribution in [0.1, 0.15) is 13.3 Å². The molecule has 0 spiro atoms. The Hall–Kier alpha value is -0.830. The summed E-state index contributed by atoms with van der Waals surface area (Å²) in [5.74, 6) is -0.156. The van der Waals surface area contributed by atoms with E-state index in [-0.39, 0.29) is 5.91 Å². The van der Waals surface area contributed by atoms with E-state index in [9.17, 15) is 4.79 Å². The van der Waals surface area contributed by atoms with E-state index in [4.69, 9.17) is 5.73 Å². The Bertz CT molecular complexity index is 123. The van der Waals surface area contributed by atoms with Crippen molar-refractivity contribution in [2.24, 2.45) is 5.73 Å². The van der Waals surface area contributed by atoms with Gasteiger partial charge in [0.2, 0.25) is 5.91 Å². The van der Waals surface area contributed by atoms with Gasteiger partial charge in [0.15, 0.2) is 0 Å². The SMILES string of the molecule is C=CC(N)C(=O)NCCC. The highest BCUT2D eigenvalue weighted by atomic mass is 16.2. The molecule has 0 aromatic heterocycles. The van der Waals surface area contributed by atoms with E-state index in [1.165, 1.54) is 6.08 Å². The fourth-order valence-corrected chi connectivity index (χ4v) is 0.473. The van der Waals surface area contributed by atoms with Crippen LogP contribution in [0.15, 0.2) is 12.7 Å². The minimum Gasteiger partial charge on any atom is -0.354 e. The van der Waals surface area contributed by atoms with Crippen molar-refractivity contribution in [3.63, 3.8) is 0 Å². The van der Waals surface area contributed by atoms with Crippen molar-refractivity contribution in [3.05, 3.63) is 12.7 Å². The lowest BCUT2D eigenvalue weighted by atomic mass is 10.3. The second kappa shape index (κ2) is 4.99. The van der Waals surface area contributed by atoms with Gasteiger partial charge in [0.1, 0.15) is 6.04 Å². The van der Waals surface area contributed by atoms with E-state index in [0.29, 0.717) is 6.54 Å². The zero-order valence-corrected chi connectivity index (χ0v) is 6.26. The first-order chi connectivity index (χ1) is 4.72. The van der Waals surface area contributed by atoms with Gasteiger partial charge in [-0.15, -0.1) is 6.58 Å². The van der Waals surface area contributed by atoms with Crippen molar-refractivity contribution in [3.8, 4) is 0 Å². The number of rotatable bonds is 4. The number of carbonyl (C=O) groups is 1. The van der Waals surface area contributed by atoms with Crippen molar-refractivity contribution in [2.45, 2.75) is 19.4 Å². The largest absolute Gasteiger partial charge is 0.354 e. The van der Waals surface area contributed by atoms with Crippen molar-refractivity contribution >= 4 is 5.91 Å². The normalized spacial score (nSPS) is 12.2. The molecule has 3 heteroatoms. The number of hydrogen-bond acceptors (Lipinski definition) is 2. The summed E-state index contributed by atoms with van der Waals surface area (Å²) in [4.78, 5) is 10.8. The highest BCUT2D eigenvalue weighted by Crippen LogP contribution is 1.79. The van der Waals surface area contributed by atoms with Gasteiger partial charge in [-0.3, -0.25) is 4.79 Å². The van der Waals surface area contributed by atoms with Crippen LogP contribution in [-0.2, 0) is 4.79 Å². The summed E-state index contributed by atoms with van der Waals surface area (Å²) in [7, 11) is 0. The lowest BCUT2D eigenvalue weighted by Gasteiger charge is -2.05. The highest BCUT2D eigenvalue weighted by molar-refractivity contribution is 5.83. The monoisotopic (exact) mass is 142 g/mol. The topological polar surface area (TPSA) is 55.1 Å². The number of hydrogen-bond donors (Lipinski definition) is 2. The van der Waals surface area contributed by atoms with Crippen LogP contribution in [0.2, 0.25) is 0 Å². The molecule has 3 nitrogen and oxygen atoms in total. The third-order valence-electron chi connectivity index (χ3n) is 1.11. The summed E-state index contributed by atoms with van der Waals surface area (Å²) in [6.07, 6.45) is 2.35. The van der Waals surface area contributed by atoms with Gasteiger partial charge in [0.25, 0.3) is 0 Å². The van der Waals surface area contributed by atoms with Crippen molar-refractivity contribution in [1.82, 2.24) is 5.32 Å². The molecule has 1 amide bonds. The molecular formula is C7H14N2O. The molecule has 0 saturated heterocycles. The standard InChI is InChI=1S/C7H14N2O/c1-3-5-9-7(10)6(8)4-2/h4,6H,2-3,5,8H2,1H3,(H,9,10). The number of amides is 1. The smallest absolute Gasteiger partial charge is 0.240 e. The summed E-state index contributed by atoms with van der Waals surface area (Å²) >= 11 is 0. The first-order valence-electron chi connectivity index (χ1n) is 3.38. The number of nitrogens with two attached hydrogens (primary N) is 1. The fourth-order valence-electron chi connectivity index (χ4n) is 0.473. The molecule has 0 rings (SSSR count). The van der Waals surface area contributed by atoms with Crippen molar-refractivity contribution in [2.75, 3.05) is 6.54 Å². The Morgan fingerprint density at radius 3 is 2.90 bits per heavy atom. The molecule has 0 aliphatic carbocycles. The lowest BCUT2D eigenvalue weighted by Crippen LogP contribution is -2.39. The maximum absolute atomic E-state index is 10.8. The first-order valence-corrected chi connectivity index (χ1v) is 3.38. The van der Waals surface area contributed by atoms with Gasteiger partial charge < -0.3 is 11.1 Å². The summed E-state index contributed by atoms with van der Waals surface area (Å²) < 4.78 is 0. The first kappa shape index (κ1) is 9.17. The van der Waals surface area contributed by atoms with Crippen LogP contribution in [-0.4, -0.2) is 18.5 Å². The Morgan fingerprint density at radius 1 is 1.90 bits per heavy atom. The second-order valence-corrected chi connectivity index (χ2v) is 2.05. The van der Waals surface area contributed by atoms with Gasteiger partial charge in [-0.25, -0.2) is 0 Å². The summed E-state index contributed by atoms with van der Waals surface area (Å²) in [6, 6.07) is -0.563. The zero-order chi connectivity index (χ0) is 7.98. The van der Waals surface area contributed by atoms with Crippen LogP contribution in [0.4, 0.5) is 0 Å². The minimum atomic E-state index is -0.563. The maximum atomic E-state index is 10.8. The molecule has 1 unspecified atom stereocenters. The molecule has 0 aliphatic heterocycles. The lowest BCUT2D eigenvalue weighted by molar-refractivity contribution is -0.121. The molecule has 58 valence electrons. The average molecular weight is 142 g/mol. The van der Waals surface area contributed by atoms with Crippen molar-refractivity contribution in [1.29, 1.82) is 0 Å². The molecule has 1 atom stereocenters. The summed E-state index contributed by atoms with van der Waals surface area (Å²) in [5.41, 5.74) is 5.33. The van der Waals surface area contributed by atoms with Crippen LogP contribution in [0.25, 0.3) is 0 Å². The Morgan fingerprint density at radius 2 is 2.50 bits per heavy atom. The molecule has 3 N–H and O–H groups in total. The van der Waals surface area contributed by atoms with E-state index < -0.39 is 6.04 Å². The Labute approximate surface area is 61.3 Å². The average Bonchev–Trinajstić information content (AvgIpc) is 1.98. The molecular weight excluding hydrogens is 128 g/mol. The molecule has 0 saturated carbocycles. The fraction of sp³-hybridized carbons (Fsp3) is 0.571. The summed E-state index contributed by atoms with van der Waals surface area (Å²) in [6.45, 7) is 6.07. The zero-order valence-electron chi connectivity index (χ0n) is 6.26. The highest BCUT2D eigenvalue weighted by Gasteiger charge is 2.05. The molecule has 0 radical (unpaired) electrons. The van der Waals surface area contributed by atoms with Crippen LogP contribution in [0, 0.1) is 0 Å². The minimum absolute atomic E-state index is 0.156. The number of carbonyl (C=O) groups excluding carboxylic acids is 1. The van der Waals surface area contributed by atoms with E-state index in [0.717, 1.165) is 6.42 Å². The van der Waals surface area contributed by atoms with Gasteiger partial charge in [-0.1, -0.05) is 13.0 Å². The van der Waals surface area contributed by atoms with Gasteiger partial charge in [0, 0.05) is 6.54 Å². The maximum Gasteiger partial charge on any atom is 0.240 e. The quantitative estimate of drug-likeness (QED) is 0.544. The number of nitrogens with one attached hydrogen (secondary N) is 1. The molecule has 0 heterocycles. The van der Waals surface area contributed by atoms with E-state index in [1.54, 1.807) is 0 Å². The van der Waals surface area contributed by atoms with Crippen LogP contribution < -0.4 is 11.1 Å². The Kier molecular flexibility index (Phi) is 4.58. The molecule has 0 fully saturated rings. The third kappa shape index (κ3) is 3.25. The van der Waals surface area contributed by atoms with Gasteiger partial charge in [-0.2, -0.15) is 0 Å². The van der Waals surface area contributed by atoms with Gasteiger partial charge >= 0.3 is 0 Å². The Balaban J connectivity index is 3.51. The molecule has 0 bridgehead atoms. The van der Waals surface area contributed by atoms with Gasteiger partial charge in [-0.05, 0) is 6.42 Å². The van der Waals surface area contributed by atoms with E-state index in [2.05, 4.69) is 11.9 Å². The van der Waals surface area contributed by atoms with Crippen LogP contribution >= 0.6 is 0 Å².